The molecule has 1 aromatic rings. The largest absolute Gasteiger partial charge is 0.454 e. The molecule has 1 N–H and O–H groups in total. The van der Waals surface area contributed by atoms with Gasteiger partial charge in [-0.25, -0.2) is 4.79 Å². The number of alkyl carbamates (subject to hydrolysis) is 1. The number of aryl methyl sites for hydroxylation is 3. The molecule has 0 heterocycles. The Morgan fingerprint density at radius 1 is 1.04 bits per heavy atom. The molecule has 0 aliphatic rings. The van der Waals surface area contributed by atoms with Gasteiger partial charge in [-0.1, -0.05) is 6.07 Å². The Morgan fingerprint density at radius 2 is 1.62 bits per heavy atom. The summed E-state index contributed by atoms with van der Waals surface area (Å²) in [7, 11) is 0. The third-order valence-electron chi connectivity index (χ3n) is 3.78. The molecule has 0 aliphatic carbocycles. The Bertz CT molecular complexity index is 688. The number of esters is 1. The van der Waals surface area contributed by atoms with E-state index in [1.165, 1.54) is 0 Å². The normalized spacial score (nSPS) is 12.3. The van der Waals surface area contributed by atoms with E-state index in [2.05, 4.69) is 5.32 Å². The zero-order chi connectivity index (χ0) is 20.1. The van der Waals surface area contributed by atoms with E-state index < -0.39 is 23.8 Å². The van der Waals surface area contributed by atoms with Crippen LogP contribution >= 0.6 is 0 Å². The number of amides is 1. The lowest BCUT2D eigenvalue weighted by atomic mass is 9.96. The van der Waals surface area contributed by atoms with Gasteiger partial charge in [-0.2, -0.15) is 0 Å². The summed E-state index contributed by atoms with van der Waals surface area (Å²) in [4.78, 5) is 35.9. The highest BCUT2D eigenvalue weighted by atomic mass is 16.6. The quantitative estimate of drug-likeness (QED) is 0.616. The Labute approximate surface area is 155 Å². The van der Waals surface area contributed by atoms with Gasteiger partial charge >= 0.3 is 12.1 Å². The second kappa shape index (κ2) is 8.83. The van der Waals surface area contributed by atoms with Crippen molar-refractivity contribution in [2.24, 2.45) is 0 Å². The monoisotopic (exact) mass is 363 g/mol. The number of nitrogens with one attached hydrogen (secondary N) is 1. The number of carbonyl (C=O) groups excluding carboxylic acids is 3. The molecule has 1 atom stereocenters. The molecule has 0 bridgehead atoms. The Balaban J connectivity index is 2.53. The van der Waals surface area contributed by atoms with E-state index in [4.69, 9.17) is 9.47 Å². The van der Waals surface area contributed by atoms with E-state index in [0.717, 1.165) is 16.7 Å². The Hall–Kier alpha value is -2.37. The van der Waals surface area contributed by atoms with Crippen molar-refractivity contribution >= 4 is 17.8 Å². The number of ether oxygens (including phenoxy) is 2. The van der Waals surface area contributed by atoms with Gasteiger partial charge in [0.05, 0.1) is 6.42 Å². The van der Waals surface area contributed by atoms with Crippen LogP contribution in [0.1, 0.15) is 61.2 Å². The molecule has 26 heavy (non-hydrogen) atoms. The smallest absolute Gasteiger partial charge is 0.407 e. The molecule has 0 aliphatic heterocycles. The van der Waals surface area contributed by atoms with Gasteiger partial charge in [0.15, 0.2) is 6.10 Å². The van der Waals surface area contributed by atoms with Crippen LogP contribution in [0.15, 0.2) is 12.1 Å². The fourth-order valence-corrected chi connectivity index (χ4v) is 2.34. The number of Topliss-reactive ketones (excluding diaryl/α,β-unsaturated/α-hetero) is 1. The summed E-state index contributed by atoms with van der Waals surface area (Å²) < 4.78 is 10.3. The molecule has 0 radical (unpaired) electrons. The van der Waals surface area contributed by atoms with E-state index in [-0.39, 0.29) is 18.7 Å². The van der Waals surface area contributed by atoms with Crippen molar-refractivity contribution in [3.8, 4) is 0 Å². The van der Waals surface area contributed by atoms with Crippen LogP contribution in [0.25, 0.3) is 0 Å². The van der Waals surface area contributed by atoms with Gasteiger partial charge in [0, 0.05) is 12.1 Å². The van der Waals surface area contributed by atoms with Crippen LogP contribution in [-0.2, 0) is 14.3 Å². The van der Waals surface area contributed by atoms with Crippen LogP contribution in [0.2, 0.25) is 0 Å². The van der Waals surface area contributed by atoms with Gasteiger partial charge in [0.2, 0.25) is 5.78 Å². The highest BCUT2D eigenvalue weighted by Gasteiger charge is 2.22. The average molecular weight is 363 g/mol. The molecule has 1 aromatic carbocycles. The summed E-state index contributed by atoms with van der Waals surface area (Å²) in [6, 6.07) is 3.77. The second-order valence-corrected chi connectivity index (χ2v) is 7.43. The summed E-state index contributed by atoms with van der Waals surface area (Å²) in [6.07, 6.45) is -1.52. The first-order valence-electron chi connectivity index (χ1n) is 8.69. The average Bonchev–Trinajstić information content (AvgIpc) is 2.48. The predicted octanol–water partition coefficient (Wildman–Crippen LogP) is 3.64. The first-order valence-corrected chi connectivity index (χ1v) is 8.69. The van der Waals surface area contributed by atoms with Crippen molar-refractivity contribution in [2.75, 3.05) is 6.54 Å². The van der Waals surface area contributed by atoms with Gasteiger partial charge in [-0.05, 0) is 71.2 Å². The molecular weight excluding hydrogens is 334 g/mol. The summed E-state index contributed by atoms with van der Waals surface area (Å²) in [5.41, 5.74) is 2.93. The third-order valence-corrected chi connectivity index (χ3v) is 3.78. The molecule has 0 saturated carbocycles. The lowest BCUT2D eigenvalue weighted by Crippen LogP contribution is -2.34. The molecule has 0 fully saturated rings. The molecule has 1 amide bonds. The maximum atomic E-state index is 12.5. The maximum absolute atomic E-state index is 12.5. The molecular formula is C20H29NO5. The topological polar surface area (TPSA) is 81.7 Å². The SMILES string of the molecule is Cc1cc(C)c(C(=O)[C@H](C)OC(=O)CCNC(=O)OC(C)(C)C)cc1C. The van der Waals surface area contributed by atoms with Gasteiger partial charge in [0.25, 0.3) is 0 Å². The van der Waals surface area contributed by atoms with E-state index >= 15 is 0 Å². The zero-order valence-corrected chi connectivity index (χ0v) is 16.7. The minimum Gasteiger partial charge on any atom is -0.454 e. The van der Waals surface area contributed by atoms with Crippen molar-refractivity contribution in [2.45, 2.75) is 66.6 Å². The molecule has 0 aromatic heterocycles. The lowest BCUT2D eigenvalue weighted by molar-refractivity contribution is -0.146. The fourth-order valence-electron chi connectivity index (χ4n) is 2.34. The summed E-state index contributed by atoms with van der Waals surface area (Å²) in [5, 5.41) is 2.48. The van der Waals surface area contributed by atoms with Crippen molar-refractivity contribution in [1.82, 2.24) is 5.32 Å². The predicted molar refractivity (Wildman–Crippen MR) is 99.4 cm³/mol. The summed E-state index contributed by atoms with van der Waals surface area (Å²) in [5.74, 6) is -0.789. The van der Waals surface area contributed by atoms with Gasteiger partial charge in [-0.15, -0.1) is 0 Å². The summed E-state index contributed by atoms with van der Waals surface area (Å²) >= 11 is 0. The Morgan fingerprint density at radius 3 is 2.19 bits per heavy atom. The lowest BCUT2D eigenvalue weighted by Gasteiger charge is -2.19. The minimum absolute atomic E-state index is 0.0389. The second-order valence-electron chi connectivity index (χ2n) is 7.43. The highest BCUT2D eigenvalue weighted by Crippen LogP contribution is 2.18. The first-order chi connectivity index (χ1) is 11.9. The minimum atomic E-state index is -0.884. The number of rotatable bonds is 6. The fraction of sp³-hybridized carbons (Fsp3) is 0.550. The maximum Gasteiger partial charge on any atom is 0.407 e. The molecule has 0 spiro atoms. The molecule has 1 rings (SSSR count). The van der Waals surface area contributed by atoms with Crippen LogP contribution < -0.4 is 5.32 Å². The van der Waals surface area contributed by atoms with Crippen LogP contribution in [-0.4, -0.2) is 36.1 Å². The van der Waals surface area contributed by atoms with Crippen molar-refractivity contribution in [1.29, 1.82) is 0 Å². The molecule has 6 nitrogen and oxygen atoms in total. The standard InChI is InChI=1S/C20H29NO5/c1-12-10-14(3)16(11-13(12)2)18(23)15(4)25-17(22)8-9-21-19(24)26-20(5,6)7/h10-11,15H,8-9H2,1-7H3,(H,21,24)/t15-/m0/s1. The number of ketones is 1. The van der Waals surface area contributed by atoms with E-state index in [9.17, 15) is 14.4 Å². The van der Waals surface area contributed by atoms with Crippen LogP contribution in [0.5, 0.6) is 0 Å². The van der Waals surface area contributed by atoms with Gasteiger partial charge < -0.3 is 14.8 Å². The first kappa shape index (κ1) is 21.7. The number of benzene rings is 1. The van der Waals surface area contributed by atoms with E-state index in [1.807, 2.05) is 32.9 Å². The Kier molecular flexibility index (Phi) is 7.36. The molecule has 144 valence electrons. The highest BCUT2D eigenvalue weighted by molar-refractivity contribution is 6.01. The van der Waals surface area contributed by atoms with Crippen molar-refractivity contribution in [3.63, 3.8) is 0 Å². The molecule has 0 saturated heterocycles. The number of hydrogen-bond donors (Lipinski definition) is 1. The van der Waals surface area contributed by atoms with Crippen molar-refractivity contribution < 1.29 is 23.9 Å². The third kappa shape index (κ3) is 6.86. The van der Waals surface area contributed by atoms with Crippen molar-refractivity contribution in [3.05, 3.63) is 34.4 Å². The number of hydrogen-bond acceptors (Lipinski definition) is 5. The van der Waals surface area contributed by atoms with Crippen LogP contribution in [0.3, 0.4) is 0 Å². The summed E-state index contributed by atoms with van der Waals surface area (Å²) in [6.45, 7) is 12.7. The van der Waals surface area contributed by atoms with Crippen LogP contribution in [0.4, 0.5) is 4.79 Å². The molecule has 0 unspecified atom stereocenters. The van der Waals surface area contributed by atoms with Gasteiger partial charge in [-0.3, -0.25) is 9.59 Å². The number of carbonyl (C=O) groups is 3. The van der Waals surface area contributed by atoms with Gasteiger partial charge in [0.1, 0.15) is 5.60 Å². The van der Waals surface area contributed by atoms with E-state index in [0.29, 0.717) is 5.56 Å². The van der Waals surface area contributed by atoms with E-state index in [1.54, 1.807) is 27.7 Å². The zero-order valence-electron chi connectivity index (χ0n) is 16.7. The van der Waals surface area contributed by atoms with Crippen LogP contribution in [0, 0.1) is 20.8 Å². The molecule has 6 heteroatoms.